The van der Waals surface area contributed by atoms with Crippen molar-refractivity contribution in [2.45, 2.75) is 156 Å². The van der Waals surface area contributed by atoms with Crippen LogP contribution in [-0.2, 0) is 55.9 Å². The Kier molecular flexibility index (Phi) is 23.1. The van der Waals surface area contributed by atoms with Crippen molar-refractivity contribution in [2.75, 3.05) is 48.6 Å². The molecule has 1 aliphatic rings. The van der Waals surface area contributed by atoms with E-state index in [2.05, 4.69) is 10.6 Å². The van der Waals surface area contributed by atoms with Crippen LogP contribution in [0.15, 0.2) is 54.6 Å². The van der Waals surface area contributed by atoms with Gasteiger partial charge in [0.15, 0.2) is 0 Å². The molecule has 0 unspecified atom stereocenters. The molecule has 1 aliphatic heterocycles. The molecule has 16 heteroatoms. The van der Waals surface area contributed by atoms with Crippen molar-refractivity contribution in [3.8, 4) is 0 Å². The second-order valence-corrected chi connectivity index (χ2v) is 20.2. The summed E-state index contributed by atoms with van der Waals surface area (Å²) in [5, 5.41) is 6.17. The zero-order valence-corrected chi connectivity index (χ0v) is 44.0. The number of esters is 1. The Bertz CT molecular complexity index is 1960. The highest BCUT2D eigenvalue weighted by atomic mass is 16.6. The average Bonchev–Trinajstić information content (AvgIpc) is 3.79. The largest absolute Gasteiger partial charge is 0.465 e. The van der Waals surface area contributed by atoms with Crippen LogP contribution in [0.4, 0.5) is 4.79 Å². The summed E-state index contributed by atoms with van der Waals surface area (Å²) in [6, 6.07) is 13.6. The minimum Gasteiger partial charge on any atom is -0.465 e. The van der Waals surface area contributed by atoms with Crippen LogP contribution in [0.1, 0.15) is 116 Å². The first-order chi connectivity index (χ1) is 32.5. The number of nitrogens with one attached hydrogen (secondary N) is 2. The summed E-state index contributed by atoms with van der Waals surface area (Å²) < 4.78 is 28.6. The molecular formula is C53H83N5O11. The van der Waals surface area contributed by atoms with E-state index in [1.807, 2.05) is 78.8 Å². The molecule has 9 atom stereocenters. The fourth-order valence-corrected chi connectivity index (χ4v) is 9.21. The number of carbonyl (C=O) groups excluding carboxylic acids is 6. The van der Waals surface area contributed by atoms with Crippen molar-refractivity contribution in [1.82, 2.24) is 25.3 Å². The number of amides is 5. The predicted molar refractivity (Wildman–Crippen MR) is 265 cm³/mol. The summed E-state index contributed by atoms with van der Waals surface area (Å²) in [5.74, 6) is -3.02. The maximum atomic E-state index is 14.6. The van der Waals surface area contributed by atoms with Crippen molar-refractivity contribution < 1.29 is 52.5 Å². The number of rotatable bonds is 25. The van der Waals surface area contributed by atoms with Gasteiger partial charge in [0.05, 0.1) is 68.6 Å². The Morgan fingerprint density at radius 2 is 1.43 bits per heavy atom. The SMILES string of the molecule is CC[C@H](C)[C@@H]([C@@H](CC(=O)N1CCC[C@H]1[C@H](OC)[C@@H](C)C(=O)N[C@H](COCc1ccc(C(=O)OC)cc1)Cc1ccccc1)OC)N(C)C(=O)[C@@H](NC(=O)[C@H](C(C)C)N(C)C(=O)OC(C)(C)C)C(C)C. The van der Waals surface area contributed by atoms with E-state index in [-0.39, 0.29) is 61.2 Å². The molecule has 0 radical (unpaired) electrons. The minimum absolute atomic E-state index is 0.0344. The van der Waals surface area contributed by atoms with Crippen molar-refractivity contribution >= 4 is 35.7 Å². The van der Waals surface area contributed by atoms with Gasteiger partial charge < -0.3 is 44.1 Å². The number of benzene rings is 2. The first-order valence-corrected chi connectivity index (χ1v) is 24.5. The summed E-state index contributed by atoms with van der Waals surface area (Å²) in [6.07, 6.45) is 0.535. The van der Waals surface area contributed by atoms with Crippen molar-refractivity contribution in [3.05, 3.63) is 71.3 Å². The fourth-order valence-electron chi connectivity index (χ4n) is 9.21. The van der Waals surface area contributed by atoms with Crippen LogP contribution in [0, 0.1) is 23.7 Å². The Labute approximate surface area is 411 Å². The Balaban J connectivity index is 1.78. The molecule has 2 N–H and O–H groups in total. The zero-order chi connectivity index (χ0) is 51.7. The predicted octanol–water partition coefficient (Wildman–Crippen LogP) is 6.67. The van der Waals surface area contributed by atoms with Crippen LogP contribution >= 0.6 is 0 Å². The monoisotopic (exact) mass is 966 g/mol. The molecular weight excluding hydrogens is 883 g/mol. The number of carbonyl (C=O) groups is 6. The van der Waals surface area contributed by atoms with Gasteiger partial charge in [-0.25, -0.2) is 9.59 Å². The van der Waals surface area contributed by atoms with Gasteiger partial charge in [-0.15, -0.1) is 0 Å². The maximum absolute atomic E-state index is 14.6. The van der Waals surface area contributed by atoms with E-state index in [0.29, 0.717) is 31.4 Å². The van der Waals surface area contributed by atoms with Gasteiger partial charge in [0.2, 0.25) is 23.6 Å². The number of nitrogens with zero attached hydrogens (tertiary/aromatic N) is 3. The van der Waals surface area contributed by atoms with E-state index >= 15 is 0 Å². The van der Waals surface area contributed by atoms with Gasteiger partial charge in [0.1, 0.15) is 17.7 Å². The third kappa shape index (κ3) is 16.8. The smallest absolute Gasteiger partial charge is 0.410 e. The van der Waals surface area contributed by atoms with Gasteiger partial charge >= 0.3 is 12.1 Å². The van der Waals surface area contributed by atoms with Gasteiger partial charge in [-0.1, -0.05) is 97.4 Å². The number of hydrogen-bond donors (Lipinski definition) is 2. The van der Waals surface area contributed by atoms with E-state index in [9.17, 15) is 28.8 Å². The van der Waals surface area contributed by atoms with Gasteiger partial charge in [0, 0.05) is 34.9 Å². The average molecular weight is 966 g/mol. The highest BCUT2D eigenvalue weighted by Gasteiger charge is 2.44. The lowest BCUT2D eigenvalue weighted by atomic mass is 9.89. The molecule has 1 saturated heterocycles. The summed E-state index contributed by atoms with van der Waals surface area (Å²) in [6.45, 7) is 19.4. The van der Waals surface area contributed by atoms with Gasteiger partial charge in [-0.3, -0.25) is 24.1 Å². The molecule has 0 aliphatic carbocycles. The molecule has 69 heavy (non-hydrogen) atoms. The maximum Gasteiger partial charge on any atom is 0.410 e. The highest BCUT2D eigenvalue weighted by molar-refractivity contribution is 5.92. The number of ether oxygens (including phenoxy) is 5. The summed E-state index contributed by atoms with van der Waals surface area (Å²) in [4.78, 5) is 86.8. The van der Waals surface area contributed by atoms with Crippen LogP contribution in [-0.4, -0.2) is 147 Å². The van der Waals surface area contributed by atoms with E-state index in [0.717, 1.165) is 17.5 Å². The standard InChI is InChI=1S/C53H83N5O11/c1-16-35(6)46(56(11)50(62)44(33(2)3)55-49(61)45(34(4)5)57(12)52(64)69-53(8,9)10)42(65-13)30-43(59)58-28-20-23-41(58)47(66-14)36(7)48(60)54-40(29-37-21-18-17-19-22-37)32-68-31-38-24-26-39(27-25-38)51(63)67-15/h17-19,21-22,24-27,33-36,40-42,44-47H,16,20,23,28-32H2,1-15H3,(H,54,60)(H,55,61)/t35-,36+,40-,41-,42+,44-,45-,46-,47+/m0/s1. The molecule has 2 aromatic carbocycles. The summed E-state index contributed by atoms with van der Waals surface area (Å²) in [5.41, 5.74) is 1.57. The Hall–Kier alpha value is -5.06. The highest BCUT2D eigenvalue weighted by Crippen LogP contribution is 2.30. The number of methoxy groups -OCH3 is 3. The Morgan fingerprint density at radius 1 is 0.797 bits per heavy atom. The zero-order valence-electron chi connectivity index (χ0n) is 44.0. The first-order valence-electron chi connectivity index (χ1n) is 24.5. The molecule has 1 fully saturated rings. The Morgan fingerprint density at radius 3 is 1.97 bits per heavy atom. The molecule has 386 valence electrons. The van der Waals surface area contributed by atoms with Crippen LogP contribution in [0.3, 0.4) is 0 Å². The summed E-state index contributed by atoms with van der Waals surface area (Å²) in [7, 11) is 7.64. The first kappa shape index (κ1) is 58.3. The van der Waals surface area contributed by atoms with Gasteiger partial charge in [-0.05, 0) is 81.0 Å². The van der Waals surface area contributed by atoms with Crippen LogP contribution < -0.4 is 10.6 Å². The fraction of sp³-hybridized carbons (Fsp3) is 0.660. The second kappa shape index (κ2) is 27.4. The lowest BCUT2D eigenvalue weighted by Gasteiger charge is -2.41. The number of likely N-dealkylation sites (tertiary alicyclic amines) is 1. The number of likely N-dealkylation sites (N-methyl/N-ethyl adjacent to an activating group) is 2. The second-order valence-electron chi connectivity index (χ2n) is 20.2. The van der Waals surface area contributed by atoms with Crippen LogP contribution in [0.2, 0.25) is 0 Å². The third-order valence-corrected chi connectivity index (χ3v) is 13.1. The van der Waals surface area contributed by atoms with Crippen molar-refractivity contribution in [2.24, 2.45) is 23.7 Å². The third-order valence-electron chi connectivity index (χ3n) is 13.1. The van der Waals surface area contributed by atoms with Gasteiger partial charge in [0.25, 0.3) is 0 Å². The van der Waals surface area contributed by atoms with E-state index < -0.39 is 65.9 Å². The van der Waals surface area contributed by atoms with Crippen molar-refractivity contribution in [3.63, 3.8) is 0 Å². The molecule has 0 spiro atoms. The molecule has 5 amide bonds. The van der Waals surface area contributed by atoms with E-state index in [4.69, 9.17) is 23.7 Å². The minimum atomic E-state index is -0.945. The van der Waals surface area contributed by atoms with E-state index in [1.54, 1.807) is 69.0 Å². The molecule has 2 aromatic rings. The molecule has 0 aromatic heterocycles. The number of hydrogen-bond acceptors (Lipinski definition) is 11. The molecule has 1 heterocycles. The van der Waals surface area contributed by atoms with Crippen molar-refractivity contribution in [1.29, 1.82) is 0 Å². The lowest BCUT2D eigenvalue weighted by molar-refractivity contribution is -0.148. The normalized spacial score (nSPS) is 17.5. The molecule has 0 bridgehead atoms. The summed E-state index contributed by atoms with van der Waals surface area (Å²) >= 11 is 0. The lowest BCUT2D eigenvalue weighted by Crippen LogP contribution is -2.60. The van der Waals surface area contributed by atoms with Crippen LogP contribution in [0.25, 0.3) is 0 Å². The molecule has 3 rings (SSSR count). The molecule has 16 nitrogen and oxygen atoms in total. The topological polar surface area (TPSA) is 182 Å². The molecule has 0 saturated carbocycles. The van der Waals surface area contributed by atoms with E-state index in [1.165, 1.54) is 26.2 Å². The quantitative estimate of drug-likeness (QED) is 0.101. The van der Waals surface area contributed by atoms with Crippen LogP contribution in [0.5, 0.6) is 0 Å². The van der Waals surface area contributed by atoms with Gasteiger partial charge in [-0.2, -0.15) is 0 Å².